The summed E-state index contributed by atoms with van der Waals surface area (Å²) in [7, 11) is 1.60. The van der Waals surface area contributed by atoms with Crippen molar-refractivity contribution in [1.82, 2.24) is 20.1 Å². The number of hydrogen-bond donors (Lipinski definition) is 2. The molecule has 3 aromatic rings. The van der Waals surface area contributed by atoms with Crippen LogP contribution >= 0.6 is 23.4 Å². The Morgan fingerprint density at radius 2 is 1.85 bits per heavy atom. The number of amides is 2. The van der Waals surface area contributed by atoms with E-state index < -0.39 is 0 Å². The molecule has 0 unspecified atom stereocenters. The number of rotatable bonds is 10. The third-order valence-electron chi connectivity index (χ3n) is 4.83. The molecule has 3 rings (SSSR count). The molecule has 0 radical (unpaired) electrons. The maximum atomic E-state index is 12.5. The number of anilines is 1. The van der Waals surface area contributed by atoms with Gasteiger partial charge in [0.2, 0.25) is 11.8 Å². The van der Waals surface area contributed by atoms with Crippen LogP contribution in [-0.2, 0) is 22.6 Å². The third-order valence-corrected chi connectivity index (χ3v) is 6.13. The molecule has 0 spiro atoms. The van der Waals surface area contributed by atoms with E-state index in [2.05, 4.69) is 20.8 Å². The van der Waals surface area contributed by atoms with E-state index in [0.29, 0.717) is 28.2 Å². The van der Waals surface area contributed by atoms with Gasteiger partial charge in [-0.15, -0.1) is 10.2 Å². The Balaban J connectivity index is 1.57. The lowest BCUT2D eigenvalue weighted by molar-refractivity contribution is -0.121. The van der Waals surface area contributed by atoms with Crippen LogP contribution in [0.15, 0.2) is 53.7 Å². The quantitative estimate of drug-likeness (QED) is 0.417. The number of halogens is 1. The Bertz CT molecular complexity index is 1100. The van der Waals surface area contributed by atoms with Crippen LogP contribution in [0.5, 0.6) is 5.75 Å². The van der Waals surface area contributed by atoms with Crippen molar-refractivity contribution in [1.29, 1.82) is 0 Å². The van der Waals surface area contributed by atoms with E-state index >= 15 is 0 Å². The SMILES string of the molecule is CCn1c(SCC(=O)Nc2ccccc2Cl)nnc1[C@@H](C)NC(=O)Cc1ccc(OC)cc1. The van der Waals surface area contributed by atoms with Crippen LogP contribution in [0.25, 0.3) is 0 Å². The van der Waals surface area contributed by atoms with Crippen molar-refractivity contribution in [2.45, 2.75) is 38.0 Å². The Morgan fingerprint density at radius 1 is 1.12 bits per heavy atom. The van der Waals surface area contributed by atoms with Gasteiger partial charge in [0.15, 0.2) is 11.0 Å². The van der Waals surface area contributed by atoms with Crippen LogP contribution in [0.1, 0.15) is 31.3 Å². The fourth-order valence-electron chi connectivity index (χ4n) is 3.19. The molecule has 0 fully saturated rings. The zero-order chi connectivity index (χ0) is 23.8. The van der Waals surface area contributed by atoms with Gasteiger partial charge in [0.05, 0.1) is 36.0 Å². The van der Waals surface area contributed by atoms with Crippen molar-refractivity contribution in [2.75, 3.05) is 18.2 Å². The molecule has 2 amide bonds. The molecule has 1 atom stereocenters. The highest BCUT2D eigenvalue weighted by molar-refractivity contribution is 7.99. The number of aromatic nitrogens is 3. The minimum absolute atomic E-state index is 0.119. The standard InChI is InChI=1S/C23H26ClN5O3S/c1-4-29-22(15(2)25-20(30)13-16-9-11-17(32-3)12-10-16)27-28-23(29)33-14-21(31)26-19-8-6-5-7-18(19)24/h5-12,15H,4,13-14H2,1-3H3,(H,25,30)(H,26,31)/t15-/m1/s1. The van der Waals surface area contributed by atoms with Crippen molar-refractivity contribution in [2.24, 2.45) is 0 Å². The summed E-state index contributed by atoms with van der Waals surface area (Å²) in [5.41, 5.74) is 1.45. The summed E-state index contributed by atoms with van der Waals surface area (Å²) >= 11 is 7.37. The third kappa shape index (κ3) is 6.72. The summed E-state index contributed by atoms with van der Waals surface area (Å²) < 4.78 is 7.04. The van der Waals surface area contributed by atoms with Crippen molar-refractivity contribution >= 4 is 40.9 Å². The zero-order valence-corrected chi connectivity index (χ0v) is 20.2. The first-order chi connectivity index (χ1) is 15.9. The smallest absolute Gasteiger partial charge is 0.234 e. The number of benzene rings is 2. The summed E-state index contributed by atoms with van der Waals surface area (Å²) in [5.74, 6) is 1.22. The molecule has 0 saturated carbocycles. The highest BCUT2D eigenvalue weighted by atomic mass is 35.5. The van der Waals surface area contributed by atoms with E-state index in [1.807, 2.05) is 42.7 Å². The molecule has 0 aliphatic rings. The van der Waals surface area contributed by atoms with Crippen molar-refractivity contribution in [3.8, 4) is 5.75 Å². The molecule has 0 aliphatic carbocycles. The molecule has 2 N–H and O–H groups in total. The number of para-hydroxylation sites is 1. The van der Waals surface area contributed by atoms with Crippen molar-refractivity contribution in [3.63, 3.8) is 0 Å². The molecule has 8 nitrogen and oxygen atoms in total. The van der Waals surface area contributed by atoms with E-state index in [4.69, 9.17) is 16.3 Å². The number of ether oxygens (including phenoxy) is 1. The summed E-state index contributed by atoms with van der Waals surface area (Å²) in [4.78, 5) is 24.8. The number of carbonyl (C=O) groups is 2. The monoisotopic (exact) mass is 487 g/mol. The van der Waals surface area contributed by atoms with Crippen LogP contribution in [0.4, 0.5) is 5.69 Å². The zero-order valence-electron chi connectivity index (χ0n) is 18.7. The topological polar surface area (TPSA) is 98.1 Å². The summed E-state index contributed by atoms with van der Waals surface area (Å²) in [6.45, 7) is 4.43. The highest BCUT2D eigenvalue weighted by Crippen LogP contribution is 2.23. The summed E-state index contributed by atoms with van der Waals surface area (Å²) in [5, 5.41) is 15.3. The van der Waals surface area contributed by atoms with Crippen molar-refractivity contribution < 1.29 is 14.3 Å². The average molecular weight is 488 g/mol. The second kappa shape index (κ2) is 11.7. The molecule has 0 saturated heterocycles. The van der Waals surface area contributed by atoms with E-state index in [-0.39, 0.29) is 30.0 Å². The van der Waals surface area contributed by atoms with Gasteiger partial charge in [-0.3, -0.25) is 9.59 Å². The van der Waals surface area contributed by atoms with Crippen LogP contribution in [0.3, 0.4) is 0 Å². The Kier molecular flexibility index (Phi) is 8.73. The van der Waals surface area contributed by atoms with Gasteiger partial charge in [-0.2, -0.15) is 0 Å². The lowest BCUT2D eigenvalue weighted by atomic mass is 10.1. The van der Waals surface area contributed by atoms with Gasteiger partial charge in [0.1, 0.15) is 5.75 Å². The number of thioether (sulfide) groups is 1. The molecular weight excluding hydrogens is 462 g/mol. The number of methoxy groups -OCH3 is 1. The summed E-state index contributed by atoms with van der Waals surface area (Å²) in [6.07, 6.45) is 0.248. The number of carbonyl (C=O) groups excluding carboxylic acids is 2. The first-order valence-corrected chi connectivity index (χ1v) is 11.8. The minimum Gasteiger partial charge on any atom is -0.497 e. The molecule has 1 aromatic heterocycles. The van der Waals surface area contributed by atoms with Gasteiger partial charge in [-0.05, 0) is 43.7 Å². The predicted molar refractivity (Wildman–Crippen MR) is 130 cm³/mol. The lowest BCUT2D eigenvalue weighted by Gasteiger charge is -2.15. The second-order valence-corrected chi connectivity index (χ2v) is 8.57. The van der Waals surface area contributed by atoms with Crippen LogP contribution in [-0.4, -0.2) is 39.4 Å². The van der Waals surface area contributed by atoms with Crippen LogP contribution < -0.4 is 15.4 Å². The lowest BCUT2D eigenvalue weighted by Crippen LogP contribution is -2.30. The maximum absolute atomic E-state index is 12.5. The van der Waals surface area contributed by atoms with Gasteiger partial charge in [0, 0.05) is 6.54 Å². The predicted octanol–water partition coefficient (Wildman–Crippen LogP) is 4.11. The first kappa shape index (κ1) is 24.6. The minimum atomic E-state index is -0.338. The van der Waals surface area contributed by atoms with Crippen molar-refractivity contribution in [3.05, 3.63) is 64.9 Å². The van der Waals surface area contributed by atoms with Crippen LogP contribution in [0.2, 0.25) is 5.02 Å². The van der Waals surface area contributed by atoms with Gasteiger partial charge < -0.3 is 19.9 Å². The second-order valence-electron chi connectivity index (χ2n) is 7.22. The Hall–Kier alpha value is -3.04. The summed E-state index contributed by atoms with van der Waals surface area (Å²) in [6, 6.07) is 14.1. The molecule has 10 heteroatoms. The number of nitrogens with zero attached hydrogens (tertiary/aromatic N) is 3. The molecule has 0 bridgehead atoms. The fourth-order valence-corrected chi connectivity index (χ4v) is 4.18. The average Bonchev–Trinajstić information content (AvgIpc) is 3.23. The maximum Gasteiger partial charge on any atom is 0.234 e. The van der Waals surface area contributed by atoms with E-state index in [1.54, 1.807) is 31.4 Å². The van der Waals surface area contributed by atoms with E-state index in [9.17, 15) is 9.59 Å². The highest BCUT2D eigenvalue weighted by Gasteiger charge is 2.20. The van der Waals surface area contributed by atoms with Crippen LogP contribution in [0, 0.1) is 0 Å². The number of hydrogen-bond acceptors (Lipinski definition) is 6. The van der Waals surface area contributed by atoms with Gasteiger partial charge in [-0.1, -0.05) is 47.6 Å². The molecule has 0 aliphatic heterocycles. The van der Waals surface area contributed by atoms with Gasteiger partial charge in [-0.25, -0.2) is 0 Å². The molecule has 33 heavy (non-hydrogen) atoms. The molecule has 174 valence electrons. The molecule has 1 heterocycles. The molecular formula is C23H26ClN5O3S. The van der Waals surface area contributed by atoms with E-state index in [1.165, 1.54) is 11.8 Å². The fraction of sp³-hybridized carbons (Fsp3) is 0.304. The first-order valence-electron chi connectivity index (χ1n) is 10.4. The Morgan fingerprint density at radius 3 is 2.52 bits per heavy atom. The number of nitrogens with one attached hydrogen (secondary N) is 2. The van der Waals surface area contributed by atoms with E-state index in [0.717, 1.165) is 11.3 Å². The molecule has 2 aromatic carbocycles. The Labute approximate surface area is 202 Å². The largest absolute Gasteiger partial charge is 0.497 e. The normalized spacial score (nSPS) is 11.6. The van der Waals surface area contributed by atoms with Gasteiger partial charge in [0.25, 0.3) is 0 Å². The van der Waals surface area contributed by atoms with Gasteiger partial charge >= 0.3 is 0 Å².